The van der Waals surface area contributed by atoms with Crippen LogP contribution < -0.4 is 16.4 Å². The van der Waals surface area contributed by atoms with Crippen LogP contribution in [-0.4, -0.2) is 42.6 Å². The number of halogens is 1. The van der Waals surface area contributed by atoms with Crippen LogP contribution in [0.2, 0.25) is 5.02 Å². The normalized spacial score (nSPS) is 11.4. The van der Waals surface area contributed by atoms with Gasteiger partial charge in [0, 0.05) is 18.7 Å². The maximum absolute atomic E-state index is 12.3. The van der Waals surface area contributed by atoms with E-state index in [0.29, 0.717) is 0 Å². The molecular formula is C19H20ClN3O5. The SMILES string of the molecule is COC(=O)[C@H](CN)NC(=O)c1ccc(C(=O)NCc2cccc(O)c2)cc1Cl. The Morgan fingerprint density at radius 2 is 1.93 bits per heavy atom. The molecule has 0 saturated heterocycles. The summed E-state index contributed by atoms with van der Waals surface area (Å²) < 4.78 is 4.56. The lowest BCUT2D eigenvalue weighted by atomic mass is 10.1. The number of benzene rings is 2. The molecule has 0 fully saturated rings. The highest BCUT2D eigenvalue weighted by Crippen LogP contribution is 2.18. The van der Waals surface area contributed by atoms with Crippen LogP contribution in [0.15, 0.2) is 42.5 Å². The Bertz CT molecular complexity index is 888. The average molecular weight is 406 g/mol. The average Bonchev–Trinajstić information content (AvgIpc) is 2.69. The molecule has 148 valence electrons. The molecule has 9 heteroatoms. The molecule has 0 aliphatic carbocycles. The van der Waals surface area contributed by atoms with Crippen molar-refractivity contribution in [3.63, 3.8) is 0 Å². The molecule has 0 unspecified atom stereocenters. The minimum Gasteiger partial charge on any atom is -0.508 e. The largest absolute Gasteiger partial charge is 0.508 e. The van der Waals surface area contributed by atoms with Crippen LogP contribution in [0.1, 0.15) is 26.3 Å². The molecule has 0 aromatic heterocycles. The number of phenolic OH excluding ortho intramolecular Hbond substituents is 1. The van der Waals surface area contributed by atoms with Crippen molar-refractivity contribution < 1.29 is 24.2 Å². The van der Waals surface area contributed by atoms with Crippen LogP contribution >= 0.6 is 11.6 Å². The third kappa shape index (κ3) is 5.45. The molecule has 0 radical (unpaired) electrons. The number of nitrogens with one attached hydrogen (secondary N) is 2. The maximum atomic E-state index is 12.3. The molecule has 0 spiro atoms. The summed E-state index contributed by atoms with van der Waals surface area (Å²) in [6.07, 6.45) is 0. The van der Waals surface area contributed by atoms with Crippen molar-refractivity contribution >= 4 is 29.4 Å². The van der Waals surface area contributed by atoms with Gasteiger partial charge in [-0.3, -0.25) is 9.59 Å². The molecule has 0 heterocycles. The maximum Gasteiger partial charge on any atom is 0.329 e. The molecule has 1 atom stereocenters. The molecule has 2 aromatic carbocycles. The zero-order valence-corrected chi connectivity index (χ0v) is 15.8. The van der Waals surface area contributed by atoms with Crippen molar-refractivity contribution in [1.29, 1.82) is 0 Å². The van der Waals surface area contributed by atoms with Gasteiger partial charge in [0.1, 0.15) is 11.8 Å². The number of methoxy groups -OCH3 is 1. The highest BCUT2D eigenvalue weighted by molar-refractivity contribution is 6.34. The molecule has 28 heavy (non-hydrogen) atoms. The predicted octanol–water partition coefficient (Wildman–Crippen LogP) is 1.21. The number of hydrogen-bond donors (Lipinski definition) is 4. The van der Waals surface area contributed by atoms with E-state index in [2.05, 4.69) is 15.4 Å². The van der Waals surface area contributed by atoms with Gasteiger partial charge in [-0.1, -0.05) is 23.7 Å². The van der Waals surface area contributed by atoms with E-state index in [1.165, 1.54) is 37.4 Å². The van der Waals surface area contributed by atoms with Gasteiger partial charge in [-0.25, -0.2) is 4.79 Å². The highest BCUT2D eigenvalue weighted by atomic mass is 35.5. The van der Waals surface area contributed by atoms with Gasteiger partial charge in [-0.2, -0.15) is 0 Å². The molecule has 0 aliphatic rings. The number of amides is 2. The van der Waals surface area contributed by atoms with Crippen LogP contribution in [0.5, 0.6) is 5.75 Å². The molecule has 5 N–H and O–H groups in total. The fourth-order valence-corrected chi connectivity index (χ4v) is 2.65. The van der Waals surface area contributed by atoms with Crippen molar-refractivity contribution in [1.82, 2.24) is 10.6 Å². The van der Waals surface area contributed by atoms with Gasteiger partial charge < -0.3 is 26.2 Å². The second-order valence-electron chi connectivity index (χ2n) is 5.83. The summed E-state index contributed by atoms with van der Waals surface area (Å²) in [6, 6.07) is 9.67. The smallest absolute Gasteiger partial charge is 0.329 e. The first-order valence-electron chi connectivity index (χ1n) is 8.30. The number of ether oxygens (including phenoxy) is 1. The molecule has 2 amide bonds. The summed E-state index contributed by atoms with van der Waals surface area (Å²) in [6.45, 7) is 0.0793. The predicted molar refractivity (Wildman–Crippen MR) is 103 cm³/mol. The number of hydrogen-bond acceptors (Lipinski definition) is 6. The Kier molecular flexibility index (Phi) is 7.36. The summed E-state index contributed by atoms with van der Waals surface area (Å²) in [7, 11) is 1.19. The second kappa shape index (κ2) is 9.72. The number of nitrogens with two attached hydrogens (primary N) is 1. The summed E-state index contributed by atoms with van der Waals surface area (Å²) in [5.74, 6) is -1.58. The third-order valence-electron chi connectivity index (χ3n) is 3.87. The number of carbonyl (C=O) groups is 3. The van der Waals surface area contributed by atoms with Gasteiger partial charge in [-0.05, 0) is 35.9 Å². The first-order valence-corrected chi connectivity index (χ1v) is 8.68. The van der Waals surface area contributed by atoms with Crippen LogP contribution in [0.25, 0.3) is 0 Å². The first kappa shape index (κ1) is 21.2. The van der Waals surface area contributed by atoms with E-state index in [1.807, 2.05) is 0 Å². The quantitative estimate of drug-likeness (QED) is 0.512. The zero-order valence-electron chi connectivity index (χ0n) is 15.1. The standard InChI is InChI=1S/C19H20ClN3O5/c1-28-19(27)16(9-21)23-18(26)14-6-5-12(8-15(14)20)17(25)22-10-11-3-2-4-13(24)7-11/h2-8,16,24H,9-10,21H2,1H3,(H,22,25)(H,23,26)/t16-/m0/s1. The molecular weight excluding hydrogens is 386 g/mol. The van der Waals surface area contributed by atoms with Crippen molar-refractivity contribution in [2.24, 2.45) is 5.73 Å². The van der Waals surface area contributed by atoms with Gasteiger partial charge >= 0.3 is 5.97 Å². The topological polar surface area (TPSA) is 131 Å². The lowest BCUT2D eigenvalue weighted by molar-refractivity contribution is -0.142. The lowest BCUT2D eigenvalue weighted by Gasteiger charge is -2.15. The van der Waals surface area contributed by atoms with Crippen molar-refractivity contribution in [3.05, 3.63) is 64.2 Å². The Morgan fingerprint density at radius 3 is 2.54 bits per heavy atom. The number of carbonyl (C=O) groups excluding carboxylic acids is 3. The van der Waals surface area contributed by atoms with E-state index in [4.69, 9.17) is 17.3 Å². The van der Waals surface area contributed by atoms with Gasteiger partial charge in [0.25, 0.3) is 11.8 Å². The first-order chi connectivity index (χ1) is 13.3. The van der Waals surface area contributed by atoms with Crippen LogP contribution in [0, 0.1) is 0 Å². The second-order valence-corrected chi connectivity index (χ2v) is 6.24. The van der Waals surface area contributed by atoms with E-state index in [0.717, 1.165) is 5.56 Å². The number of esters is 1. The summed E-state index contributed by atoms with van der Waals surface area (Å²) in [5.41, 5.74) is 6.52. The van der Waals surface area contributed by atoms with Crippen molar-refractivity contribution in [3.8, 4) is 5.75 Å². The Labute approximate surface area is 166 Å². The van der Waals surface area contributed by atoms with Gasteiger partial charge in [0.2, 0.25) is 0 Å². The van der Waals surface area contributed by atoms with E-state index >= 15 is 0 Å². The number of rotatable bonds is 7. The van der Waals surface area contributed by atoms with Crippen LogP contribution in [-0.2, 0) is 16.1 Å². The zero-order chi connectivity index (χ0) is 20.7. The molecule has 2 rings (SSSR count). The Hall–Kier alpha value is -3.10. The van der Waals surface area contributed by atoms with Crippen molar-refractivity contribution in [2.75, 3.05) is 13.7 Å². The fraction of sp³-hybridized carbons (Fsp3) is 0.211. The van der Waals surface area contributed by atoms with E-state index < -0.39 is 23.8 Å². The summed E-state index contributed by atoms with van der Waals surface area (Å²) >= 11 is 6.13. The molecule has 0 aliphatic heterocycles. The van der Waals surface area contributed by atoms with Gasteiger partial charge in [0.15, 0.2) is 0 Å². The van der Waals surface area contributed by atoms with Gasteiger partial charge in [-0.15, -0.1) is 0 Å². The molecule has 0 bridgehead atoms. The minimum absolute atomic E-state index is 0.0446. The lowest BCUT2D eigenvalue weighted by Crippen LogP contribution is -2.46. The van der Waals surface area contributed by atoms with Crippen molar-refractivity contribution in [2.45, 2.75) is 12.6 Å². The fourth-order valence-electron chi connectivity index (χ4n) is 2.38. The van der Waals surface area contributed by atoms with E-state index in [1.54, 1.807) is 12.1 Å². The van der Waals surface area contributed by atoms with Crippen LogP contribution in [0.4, 0.5) is 0 Å². The number of aromatic hydroxyl groups is 1. The minimum atomic E-state index is -1.00. The third-order valence-corrected chi connectivity index (χ3v) is 4.18. The Morgan fingerprint density at radius 1 is 1.18 bits per heavy atom. The summed E-state index contributed by atoms with van der Waals surface area (Å²) in [4.78, 5) is 36.1. The van der Waals surface area contributed by atoms with Crippen LogP contribution in [0.3, 0.4) is 0 Å². The van der Waals surface area contributed by atoms with E-state index in [-0.39, 0.29) is 35.0 Å². The molecule has 8 nitrogen and oxygen atoms in total. The molecule has 2 aromatic rings. The molecule has 0 saturated carbocycles. The summed E-state index contributed by atoms with van der Waals surface area (Å²) in [5, 5.41) is 14.6. The highest BCUT2D eigenvalue weighted by Gasteiger charge is 2.22. The van der Waals surface area contributed by atoms with E-state index in [9.17, 15) is 19.5 Å². The number of phenols is 1. The van der Waals surface area contributed by atoms with Gasteiger partial charge in [0.05, 0.1) is 17.7 Å². The Balaban J connectivity index is 2.05. The monoisotopic (exact) mass is 405 g/mol.